The Kier molecular flexibility index (Phi) is 8.52. The Morgan fingerprint density at radius 2 is 0.810 bits per heavy atom. The van der Waals surface area contributed by atoms with Gasteiger partial charge in [0.1, 0.15) is 28.5 Å². The molecule has 0 atom stereocenters. The summed E-state index contributed by atoms with van der Waals surface area (Å²) in [6.07, 6.45) is 0. The monoisotopic (exact) mass is 615 g/mol. The van der Waals surface area contributed by atoms with Gasteiger partial charge >= 0.3 is 33.0 Å². The molecule has 0 aliphatic heterocycles. The van der Waals surface area contributed by atoms with E-state index in [0.29, 0.717) is 6.54 Å². The summed E-state index contributed by atoms with van der Waals surface area (Å²) in [7, 11) is -12.7. The molecule has 11 heteroatoms. The fraction of sp³-hybridized carbons (Fsp3) is 0.0323. The first-order valence-corrected chi connectivity index (χ1v) is 16.4. The maximum atomic E-state index is 9.87. The van der Waals surface area contributed by atoms with E-state index in [-0.39, 0.29) is 0 Å². The molecular formula is C31H25F6N3P2. The van der Waals surface area contributed by atoms with E-state index in [4.69, 9.17) is 5.53 Å². The van der Waals surface area contributed by atoms with Crippen molar-refractivity contribution >= 4 is 36.3 Å². The third-order valence-corrected chi connectivity index (χ3v) is 10.6. The Morgan fingerprint density at radius 1 is 0.500 bits per heavy atom. The van der Waals surface area contributed by atoms with Crippen molar-refractivity contribution in [3.05, 3.63) is 156 Å². The first-order chi connectivity index (χ1) is 19.8. The third kappa shape index (κ3) is 8.43. The van der Waals surface area contributed by atoms with Gasteiger partial charge in [-0.15, -0.1) is 0 Å². The predicted octanol–water partition coefficient (Wildman–Crippen LogP) is 10.2. The first-order valence-electron chi connectivity index (χ1n) is 12.6. The van der Waals surface area contributed by atoms with E-state index in [2.05, 4.69) is 137 Å². The van der Waals surface area contributed by atoms with E-state index in [1.807, 2.05) is 12.1 Å². The summed E-state index contributed by atoms with van der Waals surface area (Å²) in [5, 5.41) is 9.00. The molecule has 0 bridgehead atoms. The first kappa shape index (κ1) is 30.8. The van der Waals surface area contributed by atoms with Crippen LogP contribution in [0.4, 0.5) is 25.2 Å². The van der Waals surface area contributed by atoms with E-state index in [0.717, 1.165) is 16.7 Å². The minimum Gasteiger partial charge on any atom is -0.0893 e. The summed E-state index contributed by atoms with van der Waals surface area (Å²) in [5.41, 5.74) is 11.9. The van der Waals surface area contributed by atoms with Crippen molar-refractivity contribution in [2.45, 2.75) is 6.54 Å². The van der Waals surface area contributed by atoms with Crippen molar-refractivity contribution in [1.29, 1.82) is 0 Å². The summed E-state index contributed by atoms with van der Waals surface area (Å²) in [6.45, 7) is 0.369. The predicted molar refractivity (Wildman–Crippen MR) is 163 cm³/mol. The standard InChI is InChI=1S/C31H25N3P.F6P/c32-34-33-24-25-16-18-26(19-17-25)27-20-22-31(23-21-27)35(28-10-4-1-5-11-28,29-12-6-2-7-13-29)30-14-8-3-9-15-30;1-7(2,3,4,5)6/h1-23H,24H2;/q+1;-1. The largest absolute Gasteiger partial charge is 0.144 e. The minimum atomic E-state index is -10.7. The molecule has 42 heavy (non-hydrogen) atoms. The molecule has 5 aromatic rings. The van der Waals surface area contributed by atoms with E-state index >= 15 is 0 Å². The SMILES string of the molecule is F[P-](F)(F)(F)(F)F.[N-]=[N+]=NCc1ccc(-c2ccc([P+](c3ccccc3)(c3ccccc3)c3ccccc3)cc2)cc1. The zero-order valence-electron chi connectivity index (χ0n) is 22.0. The van der Waals surface area contributed by atoms with Gasteiger partial charge in [0.2, 0.25) is 0 Å². The van der Waals surface area contributed by atoms with Crippen LogP contribution in [0.2, 0.25) is 0 Å². The molecule has 0 N–H and O–H groups in total. The van der Waals surface area contributed by atoms with Crippen LogP contribution in [0.3, 0.4) is 0 Å². The van der Waals surface area contributed by atoms with Crippen LogP contribution in [0, 0.1) is 0 Å². The molecule has 0 spiro atoms. The van der Waals surface area contributed by atoms with Gasteiger partial charge in [-0.2, -0.15) is 0 Å². The molecule has 0 fully saturated rings. The summed E-state index contributed by atoms with van der Waals surface area (Å²) in [6, 6.07) is 50.0. The second kappa shape index (κ2) is 11.6. The molecule has 0 aliphatic rings. The van der Waals surface area contributed by atoms with E-state index < -0.39 is 15.1 Å². The van der Waals surface area contributed by atoms with Crippen LogP contribution >= 0.6 is 15.1 Å². The Labute approximate surface area is 239 Å². The quantitative estimate of drug-likeness (QED) is 0.0575. The zero-order valence-corrected chi connectivity index (χ0v) is 23.8. The Morgan fingerprint density at radius 3 is 1.14 bits per heavy atom. The summed E-state index contributed by atoms with van der Waals surface area (Å²) in [5.74, 6) is 0. The molecule has 0 aromatic heterocycles. The van der Waals surface area contributed by atoms with Crippen molar-refractivity contribution in [3.8, 4) is 11.1 Å². The summed E-state index contributed by atoms with van der Waals surface area (Å²) < 4.78 is 59.2. The second-order valence-electron chi connectivity index (χ2n) is 9.27. The zero-order chi connectivity index (χ0) is 30.3. The van der Waals surface area contributed by atoms with Gasteiger partial charge in [0.25, 0.3) is 0 Å². The third-order valence-electron chi connectivity index (χ3n) is 6.29. The minimum absolute atomic E-state index is 0.369. The number of azide groups is 1. The average Bonchev–Trinajstić information content (AvgIpc) is 2.97. The number of halogens is 6. The van der Waals surface area contributed by atoms with E-state index in [9.17, 15) is 25.2 Å². The van der Waals surface area contributed by atoms with Crippen molar-refractivity contribution in [1.82, 2.24) is 0 Å². The Balaban J connectivity index is 0.000000517. The van der Waals surface area contributed by atoms with Crippen LogP contribution in [0.5, 0.6) is 0 Å². The number of hydrogen-bond acceptors (Lipinski definition) is 1. The molecule has 0 radical (unpaired) electrons. The molecule has 3 nitrogen and oxygen atoms in total. The van der Waals surface area contributed by atoms with E-state index in [1.54, 1.807) is 0 Å². The summed E-state index contributed by atoms with van der Waals surface area (Å²) >= 11 is 0. The van der Waals surface area contributed by atoms with Gasteiger partial charge in [-0.25, -0.2) is 0 Å². The molecule has 0 amide bonds. The smallest absolute Gasteiger partial charge is 0.0893 e. The van der Waals surface area contributed by atoms with Gasteiger partial charge in [0.15, 0.2) is 0 Å². The van der Waals surface area contributed by atoms with Crippen LogP contribution in [0.15, 0.2) is 145 Å². The van der Waals surface area contributed by atoms with Crippen molar-refractivity contribution < 1.29 is 25.2 Å². The Bertz CT molecular complexity index is 1550. The molecule has 0 saturated heterocycles. The molecule has 0 unspecified atom stereocenters. The van der Waals surface area contributed by atoms with Crippen LogP contribution in [-0.2, 0) is 6.54 Å². The summed E-state index contributed by atoms with van der Waals surface area (Å²) in [4.78, 5) is 2.85. The fourth-order valence-corrected chi connectivity index (χ4v) is 8.89. The Hall–Kier alpha value is -4.15. The maximum absolute atomic E-state index is 10.7. The average molecular weight is 615 g/mol. The van der Waals surface area contributed by atoms with Crippen LogP contribution < -0.4 is 21.2 Å². The van der Waals surface area contributed by atoms with E-state index in [1.165, 1.54) is 21.2 Å². The van der Waals surface area contributed by atoms with Crippen molar-refractivity contribution in [2.75, 3.05) is 0 Å². The second-order valence-corrected chi connectivity index (χ2v) is 14.6. The van der Waals surface area contributed by atoms with Crippen LogP contribution in [0.25, 0.3) is 21.6 Å². The molecule has 216 valence electrons. The number of hydrogen-bond donors (Lipinski definition) is 0. The molecule has 0 heterocycles. The van der Waals surface area contributed by atoms with Gasteiger partial charge in [-0.1, -0.05) is 96.1 Å². The molecular weight excluding hydrogens is 590 g/mol. The molecule has 5 rings (SSSR count). The van der Waals surface area contributed by atoms with Gasteiger partial charge < -0.3 is 0 Å². The molecule has 5 aromatic carbocycles. The molecule has 0 aliphatic carbocycles. The fourth-order valence-electron chi connectivity index (χ4n) is 4.64. The van der Waals surface area contributed by atoms with Crippen LogP contribution in [0.1, 0.15) is 5.56 Å². The topological polar surface area (TPSA) is 48.8 Å². The van der Waals surface area contributed by atoms with Gasteiger partial charge in [-0.05, 0) is 70.8 Å². The van der Waals surface area contributed by atoms with Gasteiger partial charge in [0, 0.05) is 4.91 Å². The van der Waals surface area contributed by atoms with Gasteiger partial charge in [-0.3, -0.25) is 0 Å². The molecule has 0 saturated carbocycles. The van der Waals surface area contributed by atoms with Crippen molar-refractivity contribution in [3.63, 3.8) is 0 Å². The normalized spacial score (nSPS) is 13.0. The van der Waals surface area contributed by atoms with Gasteiger partial charge in [0.05, 0.1) is 6.54 Å². The number of benzene rings is 5. The van der Waals surface area contributed by atoms with Crippen molar-refractivity contribution in [2.24, 2.45) is 5.11 Å². The maximum Gasteiger partial charge on any atom is 0.144 e. The number of rotatable bonds is 7. The number of nitrogens with zero attached hydrogens (tertiary/aromatic N) is 3. The van der Waals surface area contributed by atoms with Crippen LogP contribution in [-0.4, -0.2) is 0 Å².